The number of imide groups is 1. The molecule has 31 heavy (non-hydrogen) atoms. The van der Waals surface area contributed by atoms with Crippen LogP contribution in [0.1, 0.15) is 12.0 Å². The van der Waals surface area contributed by atoms with Crippen molar-refractivity contribution in [3.8, 4) is 16.9 Å². The van der Waals surface area contributed by atoms with Crippen LogP contribution in [0.5, 0.6) is 5.75 Å². The van der Waals surface area contributed by atoms with Gasteiger partial charge < -0.3 is 10.5 Å². The van der Waals surface area contributed by atoms with E-state index in [4.69, 9.17) is 10.5 Å². The summed E-state index contributed by atoms with van der Waals surface area (Å²) in [7, 11) is 0. The summed E-state index contributed by atoms with van der Waals surface area (Å²) in [6.07, 6.45) is 4.84. The second-order valence-corrected chi connectivity index (χ2v) is 8.25. The fraction of sp³-hybridized carbons (Fsp3) is 0.208. The van der Waals surface area contributed by atoms with Crippen molar-refractivity contribution in [3.63, 3.8) is 0 Å². The summed E-state index contributed by atoms with van der Waals surface area (Å²) < 4.78 is 5.99. The van der Waals surface area contributed by atoms with E-state index in [0.717, 1.165) is 34.9 Å². The summed E-state index contributed by atoms with van der Waals surface area (Å²) in [5, 5.41) is -0.203. The molecule has 0 unspecified atom stereocenters. The molecule has 6 nitrogen and oxygen atoms in total. The zero-order valence-corrected chi connectivity index (χ0v) is 17.8. The number of nitrogens with two attached hydrogens (primary N) is 1. The van der Waals surface area contributed by atoms with Gasteiger partial charge in [0.1, 0.15) is 12.4 Å². The number of nitrogens with zero attached hydrogens (tertiary/aromatic N) is 2. The highest BCUT2D eigenvalue weighted by Crippen LogP contribution is 2.26. The monoisotopic (exact) mass is 433 g/mol. The summed E-state index contributed by atoms with van der Waals surface area (Å²) in [6, 6.07) is 19.0. The van der Waals surface area contributed by atoms with Crippen LogP contribution < -0.4 is 10.5 Å². The van der Waals surface area contributed by atoms with Crippen LogP contribution in [0.3, 0.4) is 0 Å². The van der Waals surface area contributed by atoms with Crippen LogP contribution >= 0.6 is 11.8 Å². The van der Waals surface area contributed by atoms with E-state index in [9.17, 15) is 9.59 Å². The Labute approximate surface area is 185 Å². The first-order valence-electron chi connectivity index (χ1n) is 10.1. The van der Waals surface area contributed by atoms with Crippen molar-refractivity contribution in [1.29, 1.82) is 0 Å². The molecule has 0 saturated carbocycles. The molecule has 7 heteroatoms. The van der Waals surface area contributed by atoms with Gasteiger partial charge in [0.05, 0.1) is 11.8 Å². The third kappa shape index (κ3) is 5.24. The Morgan fingerprint density at radius 2 is 1.81 bits per heavy atom. The Balaban J connectivity index is 1.44. The highest BCUT2D eigenvalue weighted by Gasteiger charge is 2.36. The lowest BCUT2D eigenvalue weighted by Crippen LogP contribution is -2.43. The Morgan fingerprint density at radius 1 is 1.03 bits per heavy atom. The number of ether oxygens (including phenoxy) is 1. The van der Waals surface area contributed by atoms with Gasteiger partial charge in [0.25, 0.3) is 5.24 Å². The molecule has 0 aliphatic carbocycles. The molecule has 0 radical (unpaired) electrons. The van der Waals surface area contributed by atoms with Gasteiger partial charge in [-0.2, -0.15) is 0 Å². The van der Waals surface area contributed by atoms with Crippen LogP contribution in [0.2, 0.25) is 0 Å². The Hall–Kier alpha value is -3.32. The van der Waals surface area contributed by atoms with Crippen molar-refractivity contribution in [2.24, 2.45) is 0 Å². The van der Waals surface area contributed by atoms with E-state index in [1.54, 1.807) is 12.4 Å². The van der Waals surface area contributed by atoms with E-state index >= 15 is 0 Å². The van der Waals surface area contributed by atoms with Crippen LogP contribution in [-0.4, -0.2) is 39.4 Å². The fourth-order valence-electron chi connectivity index (χ4n) is 3.54. The quantitative estimate of drug-likeness (QED) is 0.530. The molecular formula is C24H23N3O3S. The summed E-state index contributed by atoms with van der Waals surface area (Å²) in [5.74, 6) is 0.725. The number of hydrogen-bond acceptors (Lipinski definition) is 6. The molecule has 2 amide bonds. The first-order valence-corrected chi connectivity index (χ1v) is 11.1. The summed E-state index contributed by atoms with van der Waals surface area (Å²) in [6.45, 7) is 0.251. The van der Waals surface area contributed by atoms with Gasteiger partial charge in [-0.25, -0.2) is 0 Å². The van der Waals surface area contributed by atoms with Crippen LogP contribution in [-0.2, 0) is 11.2 Å². The maximum Gasteiger partial charge on any atom is 0.289 e. The number of nitrogen functional groups attached to an aromatic ring is 1. The summed E-state index contributed by atoms with van der Waals surface area (Å²) in [5.41, 5.74) is 9.77. The van der Waals surface area contributed by atoms with Gasteiger partial charge in [0.15, 0.2) is 0 Å². The van der Waals surface area contributed by atoms with Gasteiger partial charge in [0, 0.05) is 18.1 Å². The van der Waals surface area contributed by atoms with Crippen LogP contribution in [0.15, 0.2) is 73.1 Å². The molecule has 158 valence electrons. The second kappa shape index (κ2) is 9.66. The lowest BCUT2D eigenvalue weighted by atomic mass is 10.0. The minimum atomic E-state index is -0.322. The zero-order chi connectivity index (χ0) is 21.6. The number of aromatic nitrogens is 1. The Morgan fingerprint density at radius 3 is 2.48 bits per heavy atom. The molecule has 1 fully saturated rings. The number of aryl methyl sites for hydroxylation is 1. The number of benzene rings is 2. The molecule has 4 rings (SSSR count). The van der Waals surface area contributed by atoms with Gasteiger partial charge in [-0.3, -0.25) is 19.5 Å². The van der Waals surface area contributed by atoms with Crippen molar-refractivity contribution >= 4 is 28.6 Å². The van der Waals surface area contributed by atoms with Gasteiger partial charge in [-0.1, -0.05) is 36.0 Å². The standard InChI is InChI=1S/C24H23N3O3S/c25-20-3-1-2-19(14-20)18-5-8-22(9-6-18)30-15-21(27-23(28)16-31-24(27)29)7-4-17-10-12-26-13-11-17/h1-3,5-6,8-14,21H,4,7,15-16,25H2/t21-/m0/s1. The van der Waals surface area contributed by atoms with Crippen LogP contribution in [0, 0.1) is 0 Å². The summed E-state index contributed by atoms with van der Waals surface area (Å²) in [4.78, 5) is 29.9. The Kier molecular flexibility index (Phi) is 6.52. The predicted molar refractivity (Wildman–Crippen MR) is 123 cm³/mol. The van der Waals surface area contributed by atoms with Gasteiger partial charge >= 0.3 is 0 Å². The number of anilines is 1. The van der Waals surface area contributed by atoms with Crippen molar-refractivity contribution in [2.45, 2.75) is 18.9 Å². The lowest BCUT2D eigenvalue weighted by molar-refractivity contribution is -0.126. The normalized spacial score (nSPS) is 14.6. The largest absolute Gasteiger partial charge is 0.491 e. The molecule has 2 aromatic carbocycles. The third-order valence-corrected chi connectivity index (χ3v) is 6.02. The number of carbonyl (C=O) groups is 2. The molecule has 1 aliphatic heterocycles. The van der Waals surface area contributed by atoms with Crippen LogP contribution in [0.4, 0.5) is 10.5 Å². The molecule has 2 heterocycles. The molecular weight excluding hydrogens is 410 g/mol. The van der Waals surface area contributed by atoms with E-state index < -0.39 is 0 Å². The van der Waals surface area contributed by atoms with E-state index in [2.05, 4.69) is 4.98 Å². The second-order valence-electron chi connectivity index (χ2n) is 7.33. The molecule has 2 N–H and O–H groups in total. The van der Waals surface area contributed by atoms with Crippen molar-refractivity contribution in [1.82, 2.24) is 9.88 Å². The van der Waals surface area contributed by atoms with E-state index in [1.165, 1.54) is 4.90 Å². The van der Waals surface area contributed by atoms with E-state index in [1.807, 2.05) is 60.7 Å². The number of thioether (sulfide) groups is 1. The molecule has 1 saturated heterocycles. The van der Waals surface area contributed by atoms with Crippen LogP contribution in [0.25, 0.3) is 11.1 Å². The zero-order valence-electron chi connectivity index (χ0n) is 16.9. The highest BCUT2D eigenvalue weighted by molar-refractivity contribution is 8.14. The van der Waals surface area contributed by atoms with E-state index in [0.29, 0.717) is 17.9 Å². The maximum atomic E-state index is 12.3. The average molecular weight is 434 g/mol. The van der Waals surface area contributed by atoms with E-state index in [-0.39, 0.29) is 29.5 Å². The SMILES string of the molecule is Nc1cccc(-c2ccc(OC[C@H](CCc3ccncc3)N3C(=O)CSC3=O)cc2)c1. The molecule has 0 bridgehead atoms. The third-order valence-electron chi connectivity index (χ3n) is 5.18. The number of amides is 2. The molecule has 0 spiro atoms. The predicted octanol–water partition coefficient (Wildman–Crippen LogP) is 4.41. The van der Waals surface area contributed by atoms with Gasteiger partial charge in [0.2, 0.25) is 5.91 Å². The van der Waals surface area contributed by atoms with Crippen molar-refractivity contribution in [2.75, 3.05) is 18.1 Å². The maximum absolute atomic E-state index is 12.3. The first-order chi connectivity index (χ1) is 15.1. The Bertz CT molecular complexity index is 1040. The van der Waals surface area contributed by atoms with Gasteiger partial charge in [-0.05, 0) is 65.9 Å². The molecule has 1 aromatic heterocycles. The summed E-state index contributed by atoms with van der Waals surface area (Å²) >= 11 is 1.05. The van der Waals surface area contributed by atoms with Crippen molar-refractivity contribution < 1.29 is 14.3 Å². The highest BCUT2D eigenvalue weighted by atomic mass is 32.2. The number of carbonyl (C=O) groups excluding carboxylic acids is 2. The average Bonchev–Trinajstić information content (AvgIpc) is 3.13. The topological polar surface area (TPSA) is 85.5 Å². The molecule has 3 aromatic rings. The molecule has 1 aliphatic rings. The molecule has 1 atom stereocenters. The van der Waals surface area contributed by atoms with Crippen molar-refractivity contribution in [3.05, 3.63) is 78.6 Å². The smallest absolute Gasteiger partial charge is 0.289 e. The minimum absolute atomic E-state index is 0.157. The number of hydrogen-bond donors (Lipinski definition) is 1. The number of pyridine rings is 1. The first kappa shape index (κ1) is 20.9. The lowest BCUT2D eigenvalue weighted by Gasteiger charge is -2.25. The van der Waals surface area contributed by atoms with Gasteiger partial charge in [-0.15, -0.1) is 0 Å². The fourth-order valence-corrected chi connectivity index (χ4v) is 4.32. The minimum Gasteiger partial charge on any atom is -0.491 e. The number of rotatable bonds is 8.